The molecule has 0 aliphatic heterocycles. The van der Waals surface area contributed by atoms with E-state index in [2.05, 4.69) is 34.7 Å². The third-order valence-electron chi connectivity index (χ3n) is 3.32. The van der Waals surface area contributed by atoms with E-state index >= 15 is 0 Å². The highest BCUT2D eigenvalue weighted by Crippen LogP contribution is 2.07. The first kappa shape index (κ1) is 16.9. The summed E-state index contributed by atoms with van der Waals surface area (Å²) in [6.45, 7) is 5.22. The lowest BCUT2D eigenvalue weighted by Gasteiger charge is -2.08. The standard InChI is InChI=1S/C17H21FN4O/c1-12(2)9-10-19-16-8-7-15(21-22-16)17(23)20-11-13-5-3-4-6-14(13)18/h3-8,12H,9-11H2,1-2H3,(H,19,22)(H,20,23). The second-order valence-electron chi connectivity index (χ2n) is 5.69. The molecule has 23 heavy (non-hydrogen) atoms. The van der Waals surface area contributed by atoms with E-state index in [0.717, 1.165) is 13.0 Å². The normalized spacial score (nSPS) is 10.6. The fourth-order valence-electron chi connectivity index (χ4n) is 1.94. The van der Waals surface area contributed by atoms with E-state index < -0.39 is 0 Å². The van der Waals surface area contributed by atoms with Crippen molar-refractivity contribution in [3.63, 3.8) is 0 Å². The van der Waals surface area contributed by atoms with Crippen LogP contribution in [0.25, 0.3) is 0 Å². The van der Waals surface area contributed by atoms with Gasteiger partial charge in [0.05, 0.1) is 0 Å². The molecule has 1 amide bonds. The van der Waals surface area contributed by atoms with Crippen molar-refractivity contribution in [2.45, 2.75) is 26.8 Å². The first-order valence-corrected chi connectivity index (χ1v) is 7.65. The highest BCUT2D eigenvalue weighted by molar-refractivity contribution is 5.92. The Morgan fingerprint density at radius 3 is 2.61 bits per heavy atom. The highest BCUT2D eigenvalue weighted by Gasteiger charge is 2.09. The molecule has 0 radical (unpaired) electrons. The number of carbonyl (C=O) groups is 1. The van der Waals surface area contributed by atoms with Crippen LogP contribution in [0.3, 0.4) is 0 Å². The van der Waals surface area contributed by atoms with E-state index in [9.17, 15) is 9.18 Å². The number of halogens is 1. The van der Waals surface area contributed by atoms with Crippen LogP contribution < -0.4 is 10.6 Å². The van der Waals surface area contributed by atoms with Crippen LogP contribution in [0.1, 0.15) is 36.3 Å². The topological polar surface area (TPSA) is 66.9 Å². The second-order valence-corrected chi connectivity index (χ2v) is 5.69. The van der Waals surface area contributed by atoms with Gasteiger partial charge in [0.15, 0.2) is 5.69 Å². The minimum absolute atomic E-state index is 0.113. The molecule has 0 atom stereocenters. The van der Waals surface area contributed by atoms with Crippen LogP contribution in [0.5, 0.6) is 0 Å². The minimum atomic E-state index is -0.380. The molecule has 1 aromatic heterocycles. The van der Waals surface area contributed by atoms with Crippen LogP contribution in [0.4, 0.5) is 10.2 Å². The van der Waals surface area contributed by atoms with Gasteiger partial charge in [0.1, 0.15) is 11.6 Å². The van der Waals surface area contributed by atoms with Gasteiger partial charge in [-0.25, -0.2) is 4.39 Å². The number of carbonyl (C=O) groups excluding carboxylic acids is 1. The smallest absolute Gasteiger partial charge is 0.272 e. The molecule has 1 heterocycles. The van der Waals surface area contributed by atoms with Crippen LogP contribution in [-0.4, -0.2) is 22.6 Å². The van der Waals surface area contributed by atoms with Gasteiger partial charge in [-0.3, -0.25) is 4.79 Å². The molecule has 2 N–H and O–H groups in total. The van der Waals surface area contributed by atoms with Gasteiger partial charge in [0.25, 0.3) is 5.91 Å². The monoisotopic (exact) mass is 316 g/mol. The zero-order valence-corrected chi connectivity index (χ0v) is 13.3. The van der Waals surface area contributed by atoms with Gasteiger partial charge in [-0.05, 0) is 30.5 Å². The van der Waals surface area contributed by atoms with Crippen LogP contribution >= 0.6 is 0 Å². The quantitative estimate of drug-likeness (QED) is 0.824. The Morgan fingerprint density at radius 1 is 1.17 bits per heavy atom. The Hall–Kier alpha value is -2.50. The van der Waals surface area contributed by atoms with Crippen molar-refractivity contribution in [3.05, 3.63) is 53.5 Å². The highest BCUT2D eigenvalue weighted by atomic mass is 19.1. The first-order valence-electron chi connectivity index (χ1n) is 7.65. The summed E-state index contributed by atoms with van der Waals surface area (Å²) < 4.78 is 13.5. The van der Waals surface area contributed by atoms with Gasteiger partial charge in [-0.2, -0.15) is 0 Å². The Labute approximate surface area is 135 Å². The Balaban J connectivity index is 1.86. The summed E-state index contributed by atoms with van der Waals surface area (Å²) in [6.07, 6.45) is 1.03. The number of rotatable bonds is 7. The molecule has 1 aromatic carbocycles. The minimum Gasteiger partial charge on any atom is -0.369 e. The van der Waals surface area contributed by atoms with E-state index in [1.54, 1.807) is 30.3 Å². The van der Waals surface area contributed by atoms with Crippen LogP contribution in [0.15, 0.2) is 36.4 Å². The molecule has 0 bridgehead atoms. The predicted octanol–water partition coefficient (Wildman–Crippen LogP) is 3.00. The molecule has 2 aromatic rings. The van der Waals surface area contributed by atoms with Crippen LogP contribution in [0, 0.1) is 11.7 Å². The zero-order chi connectivity index (χ0) is 16.7. The maximum Gasteiger partial charge on any atom is 0.272 e. The maximum absolute atomic E-state index is 13.5. The molecule has 0 aliphatic carbocycles. The SMILES string of the molecule is CC(C)CCNc1ccc(C(=O)NCc2ccccc2F)nn1. The fourth-order valence-corrected chi connectivity index (χ4v) is 1.94. The number of hydrogen-bond donors (Lipinski definition) is 2. The van der Waals surface area contributed by atoms with E-state index in [0.29, 0.717) is 17.3 Å². The summed E-state index contributed by atoms with van der Waals surface area (Å²) in [7, 11) is 0. The molecule has 0 unspecified atom stereocenters. The predicted molar refractivity (Wildman–Crippen MR) is 87.5 cm³/mol. The molecule has 6 heteroatoms. The average molecular weight is 316 g/mol. The molecule has 0 aliphatic rings. The van der Waals surface area contributed by atoms with Crippen molar-refractivity contribution >= 4 is 11.7 Å². The zero-order valence-electron chi connectivity index (χ0n) is 13.3. The van der Waals surface area contributed by atoms with E-state index in [4.69, 9.17) is 0 Å². The first-order chi connectivity index (χ1) is 11.1. The summed E-state index contributed by atoms with van der Waals surface area (Å²) in [5.41, 5.74) is 0.636. The molecule has 0 saturated heterocycles. The number of benzene rings is 1. The summed E-state index contributed by atoms with van der Waals surface area (Å²) in [5, 5.41) is 13.7. The second kappa shape index (κ2) is 8.22. The van der Waals surface area contributed by atoms with Gasteiger partial charge >= 0.3 is 0 Å². The lowest BCUT2D eigenvalue weighted by Crippen LogP contribution is -2.24. The van der Waals surface area contributed by atoms with E-state index in [1.807, 2.05) is 0 Å². The lowest BCUT2D eigenvalue weighted by molar-refractivity contribution is 0.0944. The van der Waals surface area contributed by atoms with Crippen molar-refractivity contribution in [1.82, 2.24) is 15.5 Å². The van der Waals surface area contributed by atoms with Crippen molar-refractivity contribution in [2.75, 3.05) is 11.9 Å². The molecule has 0 fully saturated rings. The summed E-state index contributed by atoms with van der Waals surface area (Å²) in [6, 6.07) is 9.63. The van der Waals surface area contributed by atoms with Crippen molar-refractivity contribution in [1.29, 1.82) is 0 Å². The number of nitrogens with one attached hydrogen (secondary N) is 2. The Bertz CT molecular complexity index is 643. The molecule has 122 valence electrons. The van der Waals surface area contributed by atoms with Crippen molar-refractivity contribution < 1.29 is 9.18 Å². The van der Waals surface area contributed by atoms with Gasteiger partial charge < -0.3 is 10.6 Å². The number of amides is 1. The summed E-state index contributed by atoms with van der Waals surface area (Å²) in [5.74, 6) is 0.522. The Kier molecular flexibility index (Phi) is 6.02. The summed E-state index contributed by atoms with van der Waals surface area (Å²) in [4.78, 5) is 12.0. The van der Waals surface area contributed by atoms with Gasteiger partial charge in [-0.1, -0.05) is 32.0 Å². The third-order valence-corrected chi connectivity index (χ3v) is 3.32. The fraction of sp³-hybridized carbons (Fsp3) is 0.353. The maximum atomic E-state index is 13.5. The van der Waals surface area contributed by atoms with Gasteiger partial charge in [-0.15, -0.1) is 10.2 Å². The van der Waals surface area contributed by atoms with Crippen molar-refractivity contribution in [2.24, 2.45) is 5.92 Å². The lowest BCUT2D eigenvalue weighted by atomic mass is 10.1. The molecular formula is C17H21FN4O. The summed E-state index contributed by atoms with van der Waals surface area (Å²) >= 11 is 0. The average Bonchev–Trinajstić information content (AvgIpc) is 2.54. The molecule has 0 spiro atoms. The van der Waals surface area contributed by atoms with Crippen molar-refractivity contribution in [3.8, 4) is 0 Å². The molecule has 2 rings (SSSR count). The molecule has 5 nitrogen and oxygen atoms in total. The number of anilines is 1. The van der Waals surface area contributed by atoms with Gasteiger partial charge in [0.2, 0.25) is 0 Å². The van der Waals surface area contributed by atoms with Crippen LogP contribution in [-0.2, 0) is 6.54 Å². The van der Waals surface area contributed by atoms with Gasteiger partial charge in [0, 0.05) is 18.7 Å². The Morgan fingerprint density at radius 2 is 1.96 bits per heavy atom. The van der Waals surface area contributed by atoms with E-state index in [-0.39, 0.29) is 24.0 Å². The van der Waals surface area contributed by atoms with E-state index in [1.165, 1.54) is 6.07 Å². The number of aromatic nitrogens is 2. The number of nitrogens with zero attached hydrogens (tertiary/aromatic N) is 2. The van der Waals surface area contributed by atoms with Crippen LogP contribution in [0.2, 0.25) is 0 Å². The molecule has 0 saturated carbocycles. The number of hydrogen-bond acceptors (Lipinski definition) is 4. The third kappa shape index (κ3) is 5.32. The largest absolute Gasteiger partial charge is 0.369 e. The molecular weight excluding hydrogens is 295 g/mol.